The fourth-order valence-electron chi connectivity index (χ4n) is 1.27. The molecule has 0 saturated heterocycles. The highest BCUT2D eigenvalue weighted by Crippen LogP contribution is 2.10. The van der Waals surface area contributed by atoms with Crippen molar-refractivity contribution >= 4 is 5.91 Å². The highest BCUT2D eigenvalue weighted by Gasteiger charge is 2.12. The second-order valence-corrected chi connectivity index (χ2v) is 3.02. The number of amides is 1. The monoisotopic (exact) mass is 203 g/mol. The Morgan fingerprint density at radius 1 is 1.53 bits per heavy atom. The van der Waals surface area contributed by atoms with Gasteiger partial charge < -0.3 is 5.73 Å². The predicted molar refractivity (Wildman–Crippen MR) is 52.4 cm³/mol. The number of rotatable bonds is 2. The van der Waals surface area contributed by atoms with Crippen molar-refractivity contribution in [2.75, 3.05) is 0 Å². The molecule has 0 saturated carbocycles. The molecule has 0 unspecified atom stereocenters. The summed E-state index contributed by atoms with van der Waals surface area (Å²) < 4.78 is 1.40. The van der Waals surface area contributed by atoms with Crippen molar-refractivity contribution in [2.45, 2.75) is 6.92 Å². The number of nitrogens with zero attached hydrogens (tertiary/aromatic N) is 4. The molecule has 76 valence electrons. The zero-order valence-electron chi connectivity index (χ0n) is 8.08. The number of nitrogens with two attached hydrogens (primary N) is 1. The first-order chi connectivity index (χ1) is 7.20. The van der Waals surface area contributed by atoms with Crippen LogP contribution in [-0.4, -0.2) is 25.7 Å². The lowest BCUT2D eigenvalue weighted by atomic mass is 10.3. The third-order valence-corrected chi connectivity index (χ3v) is 1.96. The molecule has 0 aliphatic carbocycles. The first-order valence-electron chi connectivity index (χ1n) is 4.31. The Bertz CT molecular complexity index is 505. The van der Waals surface area contributed by atoms with Gasteiger partial charge in [-0.05, 0) is 13.0 Å². The molecule has 1 amide bonds. The standard InChI is InChI=1S/C9H9N5O/c1-6-4-11-5-12-9(6)14-7(8(10)15)2-3-13-14/h2-5H,1H3,(H2,10,15). The Morgan fingerprint density at radius 3 is 3.00 bits per heavy atom. The van der Waals surface area contributed by atoms with Gasteiger partial charge in [-0.3, -0.25) is 4.79 Å². The maximum Gasteiger partial charge on any atom is 0.267 e. The molecule has 0 atom stereocenters. The van der Waals surface area contributed by atoms with Crippen molar-refractivity contribution in [1.29, 1.82) is 0 Å². The molecule has 0 aliphatic rings. The Morgan fingerprint density at radius 2 is 2.33 bits per heavy atom. The van der Waals surface area contributed by atoms with E-state index >= 15 is 0 Å². The first-order valence-corrected chi connectivity index (χ1v) is 4.31. The van der Waals surface area contributed by atoms with Crippen LogP contribution in [-0.2, 0) is 0 Å². The molecule has 0 aromatic carbocycles. The van der Waals surface area contributed by atoms with Gasteiger partial charge in [0.05, 0.1) is 6.20 Å². The Labute approximate surface area is 85.8 Å². The highest BCUT2D eigenvalue weighted by atomic mass is 16.1. The molecule has 2 aromatic rings. The van der Waals surface area contributed by atoms with Crippen molar-refractivity contribution < 1.29 is 4.79 Å². The van der Waals surface area contributed by atoms with Crippen LogP contribution in [0, 0.1) is 6.92 Å². The molecule has 0 bridgehead atoms. The van der Waals surface area contributed by atoms with Gasteiger partial charge in [0.15, 0.2) is 5.82 Å². The fraction of sp³-hybridized carbons (Fsp3) is 0.111. The summed E-state index contributed by atoms with van der Waals surface area (Å²) in [5, 5.41) is 3.99. The maximum atomic E-state index is 11.1. The molecule has 0 radical (unpaired) electrons. The lowest BCUT2D eigenvalue weighted by Gasteiger charge is -2.05. The minimum Gasteiger partial charge on any atom is -0.364 e. The Hall–Kier alpha value is -2.24. The molecule has 0 fully saturated rings. The van der Waals surface area contributed by atoms with Crippen LogP contribution < -0.4 is 5.73 Å². The van der Waals surface area contributed by atoms with Crippen molar-refractivity contribution in [1.82, 2.24) is 19.7 Å². The van der Waals surface area contributed by atoms with Crippen LogP contribution in [0.25, 0.3) is 5.82 Å². The van der Waals surface area contributed by atoms with Gasteiger partial charge in [0.25, 0.3) is 5.91 Å². The van der Waals surface area contributed by atoms with Crippen LogP contribution in [0.1, 0.15) is 16.1 Å². The largest absolute Gasteiger partial charge is 0.364 e. The van der Waals surface area contributed by atoms with E-state index in [2.05, 4.69) is 15.1 Å². The highest BCUT2D eigenvalue weighted by molar-refractivity contribution is 5.91. The van der Waals surface area contributed by atoms with Crippen LogP contribution in [0.4, 0.5) is 0 Å². The minimum atomic E-state index is -0.537. The van der Waals surface area contributed by atoms with Gasteiger partial charge in [-0.15, -0.1) is 0 Å². The van der Waals surface area contributed by atoms with E-state index < -0.39 is 5.91 Å². The van der Waals surface area contributed by atoms with Gasteiger partial charge in [0.2, 0.25) is 0 Å². The number of primary amides is 1. The van der Waals surface area contributed by atoms with Gasteiger partial charge in [-0.1, -0.05) is 0 Å². The number of aromatic nitrogens is 4. The molecule has 2 heterocycles. The van der Waals surface area contributed by atoms with Crippen LogP contribution in [0.15, 0.2) is 24.8 Å². The summed E-state index contributed by atoms with van der Waals surface area (Å²) in [4.78, 5) is 19.0. The summed E-state index contributed by atoms with van der Waals surface area (Å²) in [6.45, 7) is 1.84. The maximum absolute atomic E-state index is 11.1. The Balaban J connectivity index is 2.59. The van der Waals surface area contributed by atoms with E-state index in [1.54, 1.807) is 12.3 Å². The topological polar surface area (TPSA) is 86.7 Å². The average molecular weight is 203 g/mol. The summed E-state index contributed by atoms with van der Waals surface area (Å²) in [6, 6.07) is 1.55. The first kappa shape index (κ1) is 9.32. The van der Waals surface area contributed by atoms with Crippen molar-refractivity contribution in [3.05, 3.63) is 36.0 Å². The number of aryl methyl sites for hydroxylation is 1. The van der Waals surface area contributed by atoms with E-state index in [0.717, 1.165) is 5.56 Å². The van der Waals surface area contributed by atoms with E-state index in [4.69, 9.17) is 5.73 Å². The SMILES string of the molecule is Cc1cncnc1-n1nccc1C(N)=O. The summed E-state index contributed by atoms with van der Waals surface area (Å²) >= 11 is 0. The van der Waals surface area contributed by atoms with Gasteiger partial charge >= 0.3 is 0 Å². The van der Waals surface area contributed by atoms with Gasteiger partial charge in [-0.25, -0.2) is 14.6 Å². The molecule has 0 spiro atoms. The molecule has 6 nitrogen and oxygen atoms in total. The molecule has 15 heavy (non-hydrogen) atoms. The average Bonchev–Trinajstić information content (AvgIpc) is 2.67. The number of hydrogen-bond acceptors (Lipinski definition) is 4. The third kappa shape index (κ3) is 1.56. The molecule has 2 rings (SSSR count). The van der Waals surface area contributed by atoms with Gasteiger partial charge in [-0.2, -0.15) is 5.10 Å². The van der Waals surface area contributed by atoms with E-state index in [1.807, 2.05) is 6.92 Å². The van der Waals surface area contributed by atoms with E-state index in [9.17, 15) is 4.79 Å². The molecule has 6 heteroatoms. The molecular weight excluding hydrogens is 194 g/mol. The summed E-state index contributed by atoms with van der Waals surface area (Å²) in [5.41, 5.74) is 6.33. The summed E-state index contributed by atoms with van der Waals surface area (Å²) in [7, 11) is 0. The predicted octanol–water partition coefficient (Wildman–Crippen LogP) is 0.0696. The van der Waals surface area contributed by atoms with E-state index in [-0.39, 0.29) is 0 Å². The van der Waals surface area contributed by atoms with Crippen molar-refractivity contribution in [3.8, 4) is 5.82 Å². The molecule has 2 aromatic heterocycles. The van der Waals surface area contributed by atoms with Crippen LogP contribution in [0.3, 0.4) is 0 Å². The number of carbonyl (C=O) groups is 1. The van der Waals surface area contributed by atoms with Crippen molar-refractivity contribution in [3.63, 3.8) is 0 Å². The second-order valence-electron chi connectivity index (χ2n) is 3.02. The van der Waals surface area contributed by atoms with Gasteiger partial charge in [0, 0.05) is 11.8 Å². The second kappa shape index (κ2) is 3.49. The van der Waals surface area contributed by atoms with Crippen molar-refractivity contribution in [2.24, 2.45) is 5.73 Å². The molecule has 2 N–H and O–H groups in total. The zero-order chi connectivity index (χ0) is 10.8. The number of carbonyl (C=O) groups excluding carboxylic acids is 1. The van der Waals surface area contributed by atoms with Crippen LogP contribution in [0.2, 0.25) is 0 Å². The van der Waals surface area contributed by atoms with E-state index in [1.165, 1.54) is 17.2 Å². The smallest absolute Gasteiger partial charge is 0.267 e. The zero-order valence-corrected chi connectivity index (χ0v) is 8.08. The summed E-state index contributed by atoms with van der Waals surface area (Å²) in [6.07, 6.45) is 4.55. The van der Waals surface area contributed by atoms with Crippen LogP contribution in [0.5, 0.6) is 0 Å². The lowest BCUT2D eigenvalue weighted by Crippen LogP contribution is -2.17. The normalized spacial score (nSPS) is 10.2. The summed E-state index contributed by atoms with van der Waals surface area (Å²) in [5.74, 6) is 0.0225. The fourth-order valence-corrected chi connectivity index (χ4v) is 1.27. The molecular formula is C9H9N5O. The Kier molecular flexibility index (Phi) is 2.17. The van der Waals surface area contributed by atoms with Gasteiger partial charge in [0.1, 0.15) is 12.0 Å². The third-order valence-electron chi connectivity index (χ3n) is 1.96. The minimum absolute atomic E-state index is 0.303. The molecule has 0 aliphatic heterocycles. The quantitative estimate of drug-likeness (QED) is 0.748. The van der Waals surface area contributed by atoms with E-state index in [0.29, 0.717) is 11.5 Å². The number of hydrogen-bond donors (Lipinski definition) is 1. The lowest BCUT2D eigenvalue weighted by molar-refractivity contribution is 0.0993. The van der Waals surface area contributed by atoms with Crippen LogP contribution >= 0.6 is 0 Å².